The molecule has 1 unspecified atom stereocenters. The molecule has 0 bridgehead atoms. The predicted molar refractivity (Wildman–Crippen MR) is 97.5 cm³/mol. The van der Waals surface area contributed by atoms with Crippen LogP contribution in [0.5, 0.6) is 0 Å². The fraction of sp³-hybridized carbons (Fsp3) is 0.263. The van der Waals surface area contributed by atoms with Crippen molar-refractivity contribution in [1.82, 2.24) is 5.32 Å². The van der Waals surface area contributed by atoms with E-state index >= 15 is 0 Å². The average molecular weight is 393 g/mol. The minimum atomic E-state index is -3.41. The molecule has 2 aromatic rings. The summed E-state index contributed by atoms with van der Waals surface area (Å²) in [5.41, 5.74) is 0.962. The van der Waals surface area contributed by atoms with Gasteiger partial charge in [0, 0.05) is 0 Å². The maximum Gasteiger partial charge on any atom is 0.330 e. The van der Waals surface area contributed by atoms with E-state index in [1.807, 2.05) is 0 Å². The van der Waals surface area contributed by atoms with E-state index in [-0.39, 0.29) is 28.2 Å². The van der Waals surface area contributed by atoms with Crippen molar-refractivity contribution in [2.75, 3.05) is 5.75 Å². The highest BCUT2D eigenvalue weighted by Gasteiger charge is 2.23. The number of carbonyl (C=O) groups is 2. The Balaban J connectivity index is 2.18. The summed E-state index contributed by atoms with van der Waals surface area (Å²) >= 11 is 0. The molecular formula is C19H20FNO5S. The molecular weight excluding hydrogens is 373 g/mol. The van der Waals surface area contributed by atoms with Gasteiger partial charge in [0.05, 0.1) is 17.1 Å². The second-order valence-corrected chi connectivity index (χ2v) is 8.35. The molecule has 27 heavy (non-hydrogen) atoms. The Kier molecular flexibility index (Phi) is 6.32. The third-order valence-corrected chi connectivity index (χ3v) is 5.80. The Bertz CT molecular complexity index is 972. The Hall–Kier alpha value is -2.74. The van der Waals surface area contributed by atoms with Gasteiger partial charge >= 0.3 is 5.97 Å². The Morgan fingerprint density at radius 1 is 1.19 bits per heavy atom. The van der Waals surface area contributed by atoms with Crippen LogP contribution in [0.3, 0.4) is 0 Å². The van der Waals surface area contributed by atoms with Crippen molar-refractivity contribution in [2.45, 2.75) is 31.2 Å². The van der Waals surface area contributed by atoms with Gasteiger partial charge in [0.1, 0.15) is 5.82 Å². The molecule has 2 aromatic carbocycles. The number of amides is 1. The first-order chi connectivity index (χ1) is 12.6. The van der Waals surface area contributed by atoms with Crippen LogP contribution in [0.15, 0.2) is 47.4 Å². The minimum absolute atomic E-state index is 0.0618. The van der Waals surface area contributed by atoms with E-state index in [2.05, 4.69) is 5.32 Å². The summed E-state index contributed by atoms with van der Waals surface area (Å²) in [6.07, 6.45) is -0.184. The third-order valence-electron chi connectivity index (χ3n) is 4.07. The molecule has 0 spiro atoms. The van der Waals surface area contributed by atoms with Crippen molar-refractivity contribution in [1.29, 1.82) is 0 Å². The van der Waals surface area contributed by atoms with Crippen LogP contribution in [0, 0.1) is 12.7 Å². The average Bonchev–Trinajstić information content (AvgIpc) is 2.62. The van der Waals surface area contributed by atoms with E-state index in [9.17, 15) is 27.5 Å². The summed E-state index contributed by atoms with van der Waals surface area (Å²) in [6.45, 7) is 3.02. The lowest BCUT2D eigenvalue weighted by Gasteiger charge is -2.16. The highest BCUT2D eigenvalue weighted by Crippen LogP contribution is 2.18. The normalized spacial score (nSPS) is 12.4. The highest BCUT2D eigenvalue weighted by molar-refractivity contribution is 7.91. The fourth-order valence-electron chi connectivity index (χ4n) is 2.55. The number of sulfone groups is 1. The zero-order valence-electron chi connectivity index (χ0n) is 14.9. The van der Waals surface area contributed by atoms with Crippen LogP contribution in [-0.4, -0.2) is 31.2 Å². The second-order valence-electron chi connectivity index (χ2n) is 6.07. The van der Waals surface area contributed by atoms with E-state index in [4.69, 9.17) is 0 Å². The maximum absolute atomic E-state index is 13.4. The van der Waals surface area contributed by atoms with Gasteiger partial charge in [0.2, 0.25) is 5.91 Å². The molecule has 2 rings (SSSR count). The summed E-state index contributed by atoms with van der Waals surface area (Å²) < 4.78 is 37.3. The van der Waals surface area contributed by atoms with E-state index in [1.54, 1.807) is 6.07 Å². The van der Waals surface area contributed by atoms with Crippen LogP contribution < -0.4 is 5.32 Å². The lowest BCUT2D eigenvalue weighted by molar-refractivity contribution is -0.142. The van der Waals surface area contributed by atoms with Gasteiger partial charge in [0.25, 0.3) is 0 Å². The lowest BCUT2D eigenvalue weighted by Crippen LogP contribution is -2.34. The van der Waals surface area contributed by atoms with Crippen molar-refractivity contribution in [2.24, 2.45) is 0 Å². The summed E-state index contributed by atoms with van der Waals surface area (Å²) in [7, 11) is -3.41. The summed E-state index contributed by atoms with van der Waals surface area (Å²) in [5.74, 6) is -2.40. The number of benzene rings is 2. The van der Waals surface area contributed by atoms with Crippen LogP contribution in [0.25, 0.3) is 0 Å². The largest absolute Gasteiger partial charge is 0.479 e. The molecule has 0 saturated heterocycles. The smallest absolute Gasteiger partial charge is 0.330 e. The Labute approximate surface area is 157 Å². The van der Waals surface area contributed by atoms with Gasteiger partial charge in [0.15, 0.2) is 15.9 Å². The Morgan fingerprint density at radius 3 is 2.48 bits per heavy atom. The van der Waals surface area contributed by atoms with E-state index in [1.165, 1.54) is 44.2 Å². The molecule has 144 valence electrons. The molecule has 1 atom stereocenters. The monoisotopic (exact) mass is 393 g/mol. The standard InChI is InChI=1S/C19H20FNO5S/c1-3-27(25,26)15-6-4-5-13(10-15)11-17(22)21-18(19(23)24)14-7-8-16(20)12(2)9-14/h4-10,18H,3,11H2,1-2H3,(H,21,22)(H,23,24). The van der Waals surface area contributed by atoms with Gasteiger partial charge in [-0.2, -0.15) is 0 Å². The number of carbonyl (C=O) groups excluding carboxylic acids is 1. The summed E-state index contributed by atoms with van der Waals surface area (Å²) in [5, 5.41) is 11.8. The molecule has 0 saturated carbocycles. The van der Waals surface area contributed by atoms with E-state index in [0.29, 0.717) is 5.56 Å². The van der Waals surface area contributed by atoms with Gasteiger partial charge in [-0.1, -0.05) is 31.2 Å². The van der Waals surface area contributed by atoms with Gasteiger partial charge in [-0.05, 0) is 41.8 Å². The zero-order chi connectivity index (χ0) is 20.2. The number of hydrogen-bond donors (Lipinski definition) is 2. The third kappa shape index (κ3) is 5.13. The molecule has 1 amide bonds. The predicted octanol–water partition coefficient (Wildman–Crippen LogP) is 2.41. The van der Waals surface area contributed by atoms with E-state index in [0.717, 1.165) is 6.07 Å². The highest BCUT2D eigenvalue weighted by atomic mass is 32.2. The zero-order valence-corrected chi connectivity index (χ0v) is 15.7. The molecule has 0 aliphatic heterocycles. The molecule has 0 fully saturated rings. The first kappa shape index (κ1) is 20.6. The molecule has 0 radical (unpaired) electrons. The summed E-state index contributed by atoms with van der Waals surface area (Å²) in [4.78, 5) is 23.9. The number of aliphatic carboxylic acids is 1. The van der Waals surface area contributed by atoms with Gasteiger partial charge < -0.3 is 10.4 Å². The summed E-state index contributed by atoms with van der Waals surface area (Å²) in [6, 6.07) is 8.44. The van der Waals surface area contributed by atoms with Crippen molar-refractivity contribution in [3.8, 4) is 0 Å². The molecule has 0 aromatic heterocycles. The van der Waals surface area contributed by atoms with Gasteiger partial charge in [-0.15, -0.1) is 0 Å². The lowest BCUT2D eigenvalue weighted by atomic mass is 10.0. The van der Waals surface area contributed by atoms with Crippen molar-refractivity contribution >= 4 is 21.7 Å². The number of carboxylic acid groups (broad SMARTS) is 1. The van der Waals surface area contributed by atoms with Gasteiger partial charge in [-0.25, -0.2) is 17.6 Å². The number of rotatable bonds is 7. The van der Waals surface area contributed by atoms with Crippen LogP contribution in [0.4, 0.5) is 4.39 Å². The maximum atomic E-state index is 13.4. The number of aryl methyl sites for hydroxylation is 1. The fourth-order valence-corrected chi connectivity index (χ4v) is 3.50. The number of hydrogen-bond acceptors (Lipinski definition) is 4. The molecule has 0 heterocycles. The second kappa shape index (κ2) is 8.30. The first-order valence-corrected chi connectivity index (χ1v) is 9.89. The van der Waals surface area contributed by atoms with Crippen molar-refractivity contribution in [3.05, 3.63) is 65.0 Å². The first-order valence-electron chi connectivity index (χ1n) is 8.24. The topological polar surface area (TPSA) is 101 Å². The molecule has 8 heteroatoms. The van der Waals surface area contributed by atoms with Crippen molar-refractivity contribution in [3.63, 3.8) is 0 Å². The SMILES string of the molecule is CCS(=O)(=O)c1cccc(CC(=O)NC(C(=O)O)c2ccc(F)c(C)c2)c1. The van der Waals surface area contributed by atoms with Gasteiger partial charge in [-0.3, -0.25) is 4.79 Å². The van der Waals surface area contributed by atoms with Crippen molar-refractivity contribution < 1.29 is 27.5 Å². The molecule has 6 nitrogen and oxygen atoms in total. The Morgan fingerprint density at radius 2 is 1.89 bits per heavy atom. The van der Waals surface area contributed by atoms with Crippen LogP contribution in [0.1, 0.15) is 29.7 Å². The van der Waals surface area contributed by atoms with Crippen LogP contribution in [-0.2, 0) is 25.8 Å². The quantitative estimate of drug-likeness (QED) is 0.752. The van der Waals surface area contributed by atoms with Crippen LogP contribution >= 0.6 is 0 Å². The number of halogens is 1. The molecule has 0 aliphatic rings. The molecule has 2 N–H and O–H groups in total. The minimum Gasteiger partial charge on any atom is -0.479 e. The van der Waals surface area contributed by atoms with E-state index < -0.39 is 33.6 Å². The number of nitrogens with one attached hydrogen (secondary N) is 1. The van der Waals surface area contributed by atoms with Crippen LogP contribution in [0.2, 0.25) is 0 Å². The number of carboxylic acids is 1. The molecule has 0 aliphatic carbocycles.